The van der Waals surface area contributed by atoms with E-state index in [4.69, 9.17) is 5.11 Å². The average Bonchev–Trinajstić information content (AvgIpc) is 3.10. The summed E-state index contributed by atoms with van der Waals surface area (Å²) < 4.78 is 0.831. The summed E-state index contributed by atoms with van der Waals surface area (Å²) in [6.07, 6.45) is 2.62. The molecular weight excluding hydrogens is 408 g/mol. The molecule has 0 saturated heterocycles. The van der Waals surface area contributed by atoms with Crippen molar-refractivity contribution in [1.82, 2.24) is 0 Å². The van der Waals surface area contributed by atoms with E-state index in [1.165, 1.54) is 17.4 Å². The number of carboxylic acid groups (broad SMARTS) is 1. The number of fused-ring (bicyclic) bond motifs is 1. The maximum Gasteiger partial charge on any atom is 0.328 e. The molecule has 0 atom stereocenters. The van der Waals surface area contributed by atoms with Crippen molar-refractivity contribution in [2.24, 2.45) is 0 Å². The van der Waals surface area contributed by atoms with E-state index in [1.807, 2.05) is 62.4 Å². The van der Waals surface area contributed by atoms with Crippen molar-refractivity contribution in [1.29, 1.82) is 0 Å². The topological polar surface area (TPSA) is 74.6 Å². The van der Waals surface area contributed by atoms with E-state index in [-0.39, 0.29) is 11.5 Å². The first kappa shape index (κ1) is 20.6. The van der Waals surface area contributed by atoms with Crippen LogP contribution in [0.25, 0.3) is 27.3 Å². The Labute approximate surface area is 183 Å². The van der Waals surface area contributed by atoms with Gasteiger partial charge in [-0.15, -0.1) is 11.3 Å². The predicted octanol–water partition coefficient (Wildman–Crippen LogP) is 6.22. The van der Waals surface area contributed by atoms with Gasteiger partial charge in [-0.3, -0.25) is 4.79 Å². The number of ketones is 1. The lowest BCUT2D eigenvalue weighted by Gasteiger charge is -2.08. The summed E-state index contributed by atoms with van der Waals surface area (Å²) in [6.45, 7) is 3.93. The lowest BCUT2D eigenvalue weighted by atomic mass is 9.95. The van der Waals surface area contributed by atoms with Gasteiger partial charge in [0.05, 0.1) is 4.88 Å². The molecule has 4 nitrogen and oxygen atoms in total. The fraction of sp³-hybridized carbons (Fsp3) is 0.0769. The summed E-state index contributed by atoms with van der Waals surface area (Å²) in [5.41, 5.74) is 5.11. The quantitative estimate of drug-likeness (QED) is 0.292. The summed E-state index contributed by atoms with van der Waals surface area (Å²) in [4.78, 5) is 24.9. The van der Waals surface area contributed by atoms with Crippen molar-refractivity contribution in [3.05, 3.63) is 93.9 Å². The van der Waals surface area contributed by atoms with Crippen LogP contribution in [0.5, 0.6) is 5.75 Å². The van der Waals surface area contributed by atoms with Crippen LogP contribution in [0.4, 0.5) is 0 Å². The molecule has 0 bridgehead atoms. The minimum atomic E-state index is -1.01. The third-order valence-corrected chi connectivity index (χ3v) is 6.28. The van der Waals surface area contributed by atoms with Crippen molar-refractivity contribution in [2.45, 2.75) is 13.8 Å². The number of aromatic hydroxyl groups is 1. The van der Waals surface area contributed by atoms with Crippen LogP contribution >= 0.6 is 11.3 Å². The van der Waals surface area contributed by atoms with Crippen molar-refractivity contribution in [2.75, 3.05) is 0 Å². The lowest BCUT2D eigenvalue weighted by Crippen LogP contribution is -2.03. The SMILES string of the molecule is Cc1ccc(C(=O)c2sc3cc(O)ccc3c2-c2ccc(/C=C/C(=O)O)cc2)c(C)c1. The second-order valence-electron chi connectivity index (χ2n) is 7.43. The Balaban J connectivity index is 1.88. The number of rotatable bonds is 5. The molecule has 0 amide bonds. The molecule has 154 valence electrons. The third-order valence-electron chi connectivity index (χ3n) is 5.12. The van der Waals surface area contributed by atoms with Gasteiger partial charge in [0.2, 0.25) is 5.78 Å². The van der Waals surface area contributed by atoms with E-state index in [1.54, 1.807) is 12.1 Å². The summed E-state index contributed by atoms with van der Waals surface area (Å²) in [7, 11) is 0. The molecule has 0 aliphatic carbocycles. The lowest BCUT2D eigenvalue weighted by molar-refractivity contribution is -0.131. The number of benzene rings is 3. The zero-order valence-corrected chi connectivity index (χ0v) is 17.9. The van der Waals surface area contributed by atoms with Gasteiger partial charge in [0.1, 0.15) is 5.75 Å². The Morgan fingerprint density at radius 1 is 0.935 bits per heavy atom. The van der Waals surface area contributed by atoms with Crippen LogP contribution in [0.1, 0.15) is 31.9 Å². The van der Waals surface area contributed by atoms with E-state index >= 15 is 0 Å². The minimum absolute atomic E-state index is 0.0527. The van der Waals surface area contributed by atoms with Gasteiger partial charge in [-0.05, 0) is 54.8 Å². The summed E-state index contributed by atoms with van der Waals surface area (Å²) in [5.74, 6) is -0.905. The number of carboxylic acids is 1. The third kappa shape index (κ3) is 4.13. The molecule has 4 rings (SSSR count). The monoisotopic (exact) mass is 428 g/mol. The minimum Gasteiger partial charge on any atom is -0.508 e. The highest BCUT2D eigenvalue weighted by molar-refractivity contribution is 7.21. The fourth-order valence-electron chi connectivity index (χ4n) is 3.65. The smallest absolute Gasteiger partial charge is 0.328 e. The zero-order valence-electron chi connectivity index (χ0n) is 17.0. The van der Waals surface area contributed by atoms with Gasteiger partial charge >= 0.3 is 5.97 Å². The van der Waals surface area contributed by atoms with Gasteiger partial charge in [-0.2, -0.15) is 0 Å². The molecule has 0 radical (unpaired) electrons. The summed E-state index contributed by atoms with van der Waals surface area (Å²) in [6, 6.07) is 18.3. The summed E-state index contributed by atoms with van der Waals surface area (Å²) >= 11 is 1.37. The molecule has 2 N–H and O–H groups in total. The van der Waals surface area contributed by atoms with Crippen LogP contribution in [0.3, 0.4) is 0 Å². The van der Waals surface area contributed by atoms with Crippen molar-refractivity contribution in [3.8, 4) is 16.9 Å². The predicted molar refractivity (Wildman–Crippen MR) is 125 cm³/mol. The van der Waals surface area contributed by atoms with Crippen LogP contribution in [0.15, 0.2) is 66.7 Å². The number of phenols is 1. The molecule has 0 spiro atoms. The van der Waals surface area contributed by atoms with Crippen molar-refractivity contribution in [3.63, 3.8) is 0 Å². The molecule has 0 aliphatic rings. The second-order valence-corrected chi connectivity index (χ2v) is 8.48. The van der Waals surface area contributed by atoms with E-state index in [2.05, 4.69) is 0 Å². The van der Waals surface area contributed by atoms with Gasteiger partial charge in [0, 0.05) is 27.3 Å². The Kier molecular flexibility index (Phi) is 5.44. The van der Waals surface area contributed by atoms with Crippen LogP contribution in [-0.2, 0) is 4.79 Å². The average molecular weight is 429 g/mol. The highest BCUT2D eigenvalue weighted by Gasteiger charge is 2.22. The molecule has 3 aromatic carbocycles. The number of hydrogen-bond donors (Lipinski definition) is 2. The molecule has 0 saturated carbocycles. The largest absolute Gasteiger partial charge is 0.508 e. The first-order chi connectivity index (χ1) is 14.8. The van der Waals surface area contributed by atoms with Gasteiger partial charge in [-0.25, -0.2) is 4.79 Å². The first-order valence-electron chi connectivity index (χ1n) is 9.72. The van der Waals surface area contributed by atoms with E-state index in [9.17, 15) is 14.7 Å². The van der Waals surface area contributed by atoms with E-state index < -0.39 is 5.97 Å². The number of thiophene rings is 1. The van der Waals surface area contributed by atoms with Gasteiger partial charge in [0.25, 0.3) is 0 Å². The molecule has 1 aromatic heterocycles. The molecule has 0 unspecified atom stereocenters. The van der Waals surface area contributed by atoms with Crippen LogP contribution in [0.2, 0.25) is 0 Å². The molecule has 1 heterocycles. The van der Waals surface area contributed by atoms with Crippen LogP contribution in [0, 0.1) is 13.8 Å². The Morgan fingerprint density at radius 3 is 2.35 bits per heavy atom. The molecular formula is C26H20O4S. The Morgan fingerprint density at radius 2 is 1.68 bits per heavy atom. The summed E-state index contributed by atoms with van der Waals surface area (Å²) in [5, 5.41) is 19.7. The first-order valence-corrected chi connectivity index (χ1v) is 10.5. The number of aliphatic carboxylic acids is 1. The maximum atomic E-state index is 13.5. The number of carbonyl (C=O) groups is 2. The molecule has 4 aromatic rings. The van der Waals surface area contributed by atoms with Crippen LogP contribution < -0.4 is 0 Å². The van der Waals surface area contributed by atoms with Gasteiger partial charge in [0.15, 0.2) is 0 Å². The number of carbonyl (C=O) groups excluding carboxylic acids is 1. The van der Waals surface area contributed by atoms with E-state index in [0.29, 0.717) is 10.4 Å². The van der Waals surface area contributed by atoms with Gasteiger partial charge in [-0.1, -0.05) is 48.0 Å². The zero-order chi connectivity index (χ0) is 22.1. The maximum absolute atomic E-state index is 13.5. The molecule has 0 aliphatic heterocycles. The van der Waals surface area contributed by atoms with Crippen molar-refractivity contribution < 1.29 is 19.8 Å². The highest BCUT2D eigenvalue weighted by Crippen LogP contribution is 2.41. The molecule has 5 heteroatoms. The molecule has 0 fully saturated rings. The molecule has 31 heavy (non-hydrogen) atoms. The number of aryl methyl sites for hydroxylation is 2. The number of hydrogen-bond acceptors (Lipinski definition) is 4. The highest BCUT2D eigenvalue weighted by atomic mass is 32.1. The van der Waals surface area contributed by atoms with Gasteiger partial charge < -0.3 is 10.2 Å². The standard InChI is InChI=1S/C26H20O4S/c1-15-3-10-20(16(2)13-15)25(30)26-24(21-11-9-19(27)14-22(21)31-26)18-7-4-17(5-8-18)6-12-23(28)29/h3-14,27H,1-2H3,(H,28,29)/b12-6+. The fourth-order valence-corrected chi connectivity index (χ4v) is 4.86. The second kappa shape index (κ2) is 8.20. The number of phenolic OH excluding ortho intramolecular Hbond substituents is 1. The normalized spacial score (nSPS) is 11.3. The van der Waals surface area contributed by atoms with Crippen LogP contribution in [-0.4, -0.2) is 22.0 Å². The Bertz CT molecular complexity index is 1340. The van der Waals surface area contributed by atoms with Crippen molar-refractivity contribution >= 4 is 39.3 Å². The van der Waals surface area contributed by atoms with E-state index in [0.717, 1.165) is 44.0 Å². The Hall–Kier alpha value is -3.70.